The van der Waals surface area contributed by atoms with Gasteiger partial charge in [-0.15, -0.1) is 23.2 Å². The van der Waals surface area contributed by atoms with Gasteiger partial charge in [-0.1, -0.05) is 46.4 Å². The van der Waals surface area contributed by atoms with E-state index in [2.05, 4.69) is 10.6 Å². The average Bonchev–Trinajstić information content (AvgIpc) is 3.45. The molecule has 40 heavy (non-hydrogen) atoms. The minimum absolute atomic E-state index is 0.109. The van der Waals surface area contributed by atoms with Crippen LogP contribution in [-0.4, -0.2) is 22.1 Å². The Labute approximate surface area is 255 Å². The molecular weight excluding hydrogens is 660 g/mol. The third-order valence-corrected chi connectivity index (χ3v) is 8.40. The maximum atomic E-state index is 14.7. The summed E-state index contributed by atoms with van der Waals surface area (Å²) in [4.78, 5) is 37.2. The Bertz CT molecular complexity index is 1560. The van der Waals surface area contributed by atoms with Crippen molar-refractivity contribution < 1.29 is 27.6 Å². The Morgan fingerprint density at radius 3 is 2.05 bits per heavy atom. The number of anilines is 3. The van der Waals surface area contributed by atoms with Crippen molar-refractivity contribution in [3.05, 3.63) is 85.1 Å². The smallest absolute Gasteiger partial charge is 0.257 e. The molecule has 0 heterocycles. The van der Waals surface area contributed by atoms with Crippen molar-refractivity contribution in [1.29, 1.82) is 0 Å². The van der Waals surface area contributed by atoms with Gasteiger partial charge in [-0.2, -0.15) is 0 Å². The zero-order chi connectivity index (χ0) is 29.7. The number of nitrogens with one attached hydrogen (secondary N) is 3. The van der Waals surface area contributed by atoms with E-state index in [0.29, 0.717) is 5.56 Å². The predicted molar refractivity (Wildman–Crippen MR) is 151 cm³/mol. The normalized spacial score (nSPS) is 17.2. The number of rotatable bonds is 6. The summed E-state index contributed by atoms with van der Waals surface area (Å²) < 4.78 is 41.7. The molecule has 0 spiro atoms. The van der Waals surface area contributed by atoms with Crippen LogP contribution in [0.1, 0.15) is 28.8 Å². The van der Waals surface area contributed by atoms with Crippen LogP contribution in [0.25, 0.3) is 0 Å². The Morgan fingerprint density at radius 2 is 1.45 bits per heavy atom. The molecule has 1 fully saturated rings. The highest BCUT2D eigenvalue weighted by atomic mass is 35.5. The quantitative estimate of drug-likeness (QED) is 0.181. The van der Waals surface area contributed by atoms with E-state index in [1.165, 1.54) is 12.1 Å². The molecule has 0 bridgehead atoms. The monoisotopic (exact) mass is 671 g/mol. The number of amides is 3. The number of hydrogen-bond donors (Lipinski definition) is 3. The van der Waals surface area contributed by atoms with E-state index in [4.69, 9.17) is 69.6 Å². The minimum atomic E-state index is -1.57. The van der Waals surface area contributed by atoms with Gasteiger partial charge in [-0.3, -0.25) is 14.4 Å². The van der Waals surface area contributed by atoms with E-state index in [9.17, 15) is 27.6 Å². The third kappa shape index (κ3) is 5.95. The summed E-state index contributed by atoms with van der Waals surface area (Å²) in [7, 11) is 0. The first-order valence-corrected chi connectivity index (χ1v) is 13.3. The minimum Gasteiger partial charge on any atom is -0.326 e. The standard InChI is InChI=1S/C25H14Cl6F3N3O3/c1-8(38)35-22-14(32)2-3-16(21(22)34)37-23(39)11-6-10(7-15(33)19(11)28)36-24(40)18-17(25(18,30)31)9-4-12(26)20(29)13(27)5-9/h2-7,17-18H,1H3,(H,35,38)(H,36,40)(H,37,39)/t17-,18+/m0/s1. The summed E-state index contributed by atoms with van der Waals surface area (Å²) in [6.45, 7) is 1.04. The molecule has 2 atom stereocenters. The largest absolute Gasteiger partial charge is 0.326 e. The summed E-state index contributed by atoms with van der Waals surface area (Å²) in [5.74, 6) is -7.82. The molecule has 0 saturated heterocycles. The van der Waals surface area contributed by atoms with Gasteiger partial charge in [0.2, 0.25) is 11.8 Å². The van der Waals surface area contributed by atoms with Crippen LogP contribution in [-0.2, 0) is 9.59 Å². The van der Waals surface area contributed by atoms with E-state index in [1.807, 2.05) is 5.32 Å². The number of benzene rings is 3. The molecule has 3 amide bonds. The maximum absolute atomic E-state index is 14.7. The Morgan fingerprint density at radius 1 is 0.825 bits per heavy atom. The molecule has 3 N–H and O–H groups in total. The fourth-order valence-corrected chi connectivity index (χ4v) is 5.63. The predicted octanol–water partition coefficient (Wildman–Crippen LogP) is 8.45. The molecule has 1 aliphatic carbocycles. The van der Waals surface area contributed by atoms with Crippen molar-refractivity contribution in [2.24, 2.45) is 5.92 Å². The molecule has 4 rings (SSSR count). The van der Waals surface area contributed by atoms with Gasteiger partial charge in [0, 0.05) is 18.5 Å². The van der Waals surface area contributed by atoms with Crippen molar-refractivity contribution in [1.82, 2.24) is 0 Å². The molecule has 15 heteroatoms. The zero-order valence-corrected chi connectivity index (χ0v) is 24.3. The van der Waals surface area contributed by atoms with E-state index in [0.717, 1.165) is 31.2 Å². The third-order valence-electron chi connectivity index (χ3n) is 5.88. The molecule has 6 nitrogen and oxygen atoms in total. The first-order valence-electron chi connectivity index (χ1n) is 11.0. The van der Waals surface area contributed by atoms with Crippen LogP contribution >= 0.6 is 69.6 Å². The second-order valence-corrected chi connectivity index (χ2v) is 11.7. The lowest BCUT2D eigenvalue weighted by atomic mass is 10.1. The molecule has 1 saturated carbocycles. The van der Waals surface area contributed by atoms with Crippen LogP contribution in [0.2, 0.25) is 20.1 Å². The Balaban J connectivity index is 1.57. The van der Waals surface area contributed by atoms with Gasteiger partial charge in [0.1, 0.15) is 21.7 Å². The summed E-state index contributed by atoms with van der Waals surface area (Å²) >= 11 is 36.8. The van der Waals surface area contributed by atoms with Crippen molar-refractivity contribution in [2.75, 3.05) is 16.0 Å². The number of hydrogen-bond acceptors (Lipinski definition) is 3. The van der Waals surface area contributed by atoms with E-state index >= 15 is 0 Å². The van der Waals surface area contributed by atoms with Crippen LogP contribution in [0.4, 0.5) is 30.2 Å². The number of halogens is 9. The summed E-state index contributed by atoms with van der Waals surface area (Å²) in [6.07, 6.45) is 0. The Kier molecular flexibility index (Phi) is 8.76. The van der Waals surface area contributed by atoms with Crippen LogP contribution in [0.5, 0.6) is 0 Å². The second-order valence-electron chi connectivity index (χ2n) is 8.66. The molecule has 0 unspecified atom stereocenters. The van der Waals surface area contributed by atoms with Gasteiger partial charge < -0.3 is 16.0 Å². The topological polar surface area (TPSA) is 87.3 Å². The highest BCUT2D eigenvalue weighted by Gasteiger charge is 2.67. The van der Waals surface area contributed by atoms with E-state index in [1.54, 1.807) is 0 Å². The molecular formula is C25H14Cl6F3N3O3. The lowest BCUT2D eigenvalue weighted by Gasteiger charge is -2.13. The van der Waals surface area contributed by atoms with Crippen molar-refractivity contribution in [2.45, 2.75) is 17.2 Å². The average molecular weight is 674 g/mol. The molecule has 0 radical (unpaired) electrons. The van der Waals surface area contributed by atoms with Gasteiger partial charge in [-0.25, -0.2) is 13.2 Å². The van der Waals surface area contributed by atoms with Gasteiger partial charge in [0.25, 0.3) is 5.91 Å². The summed E-state index contributed by atoms with van der Waals surface area (Å²) in [5.41, 5.74) is -1.58. The molecule has 0 aromatic heterocycles. The molecule has 1 aliphatic rings. The van der Waals surface area contributed by atoms with Gasteiger partial charge in [0.05, 0.1) is 37.3 Å². The second kappa shape index (κ2) is 11.5. The SMILES string of the molecule is CC(=O)Nc1c(F)ccc(NC(=O)c2cc(NC(=O)[C@H]3[C@H](c4cc(Cl)c(Cl)c(Cl)c4)C3(Cl)Cl)cc(F)c2Cl)c1F. The molecule has 3 aromatic rings. The van der Waals surface area contributed by atoms with Crippen molar-refractivity contribution in [3.8, 4) is 0 Å². The summed E-state index contributed by atoms with van der Waals surface area (Å²) in [6, 6.07) is 6.51. The number of carbonyl (C=O) groups is 3. The lowest BCUT2D eigenvalue weighted by molar-refractivity contribution is -0.117. The molecule has 0 aliphatic heterocycles. The maximum Gasteiger partial charge on any atom is 0.257 e. The van der Waals surface area contributed by atoms with Gasteiger partial charge >= 0.3 is 0 Å². The first-order chi connectivity index (χ1) is 18.6. The van der Waals surface area contributed by atoms with Gasteiger partial charge in [0.15, 0.2) is 5.82 Å². The van der Waals surface area contributed by atoms with Crippen LogP contribution in [0.15, 0.2) is 36.4 Å². The van der Waals surface area contributed by atoms with Crippen LogP contribution < -0.4 is 16.0 Å². The zero-order valence-electron chi connectivity index (χ0n) is 19.7. The van der Waals surface area contributed by atoms with Gasteiger partial charge in [-0.05, 0) is 42.0 Å². The number of carbonyl (C=O) groups excluding carboxylic acids is 3. The first kappa shape index (κ1) is 30.6. The molecule has 210 valence electrons. The lowest BCUT2D eigenvalue weighted by Crippen LogP contribution is -2.19. The fourth-order valence-electron chi connectivity index (χ4n) is 4.00. The summed E-state index contributed by atoms with van der Waals surface area (Å²) in [5, 5.41) is 6.25. The van der Waals surface area contributed by atoms with Crippen LogP contribution in [0.3, 0.4) is 0 Å². The van der Waals surface area contributed by atoms with E-state index < -0.39 is 73.3 Å². The van der Waals surface area contributed by atoms with Crippen molar-refractivity contribution in [3.63, 3.8) is 0 Å². The highest BCUT2D eigenvalue weighted by Crippen LogP contribution is 2.65. The van der Waals surface area contributed by atoms with Crippen molar-refractivity contribution >= 4 is 104 Å². The van der Waals surface area contributed by atoms with Crippen LogP contribution in [0, 0.1) is 23.4 Å². The number of alkyl halides is 2. The highest BCUT2D eigenvalue weighted by molar-refractivity contribution is 6.54. The Hall–Kier alpha value is -2.40. The molecule has 3 aromatic carbocycles. The van der Waals surface area contributed by atoms with E-state index in [-0.39, 0.29) is 20.8 Å². The fraction of sp³-hybridized carbons (Fsp3) is 0.160.